The standard InChI is InChI=1S/C7H4Cl5N2O2P/c8-3-1-4(9)6(5(10)2-3)13-7(15)14-17(11,12)16/h1-2H,(H2,13,14,15,16). The van der Waals surface area contributed by atoms with Crippen molar-refractivity contribution in [3.63, 3.8) is 0 Å². The third kappa shape index (κ3) is 5.12. The fourth-order valence-corrected chi connectivity index (χ4v) is 2.59. The second-order valence-corrected chi connectivity index (χ2v) is 8.55. The summed E-state index contributed by atoms with van der Waals surface area (Å²) in [5, 5.41) is 4.63. The predicted octanol–water partition coefficient (Wildman–Crippen LogP) is 5.35. The van der Waals surface area contributed by atoms with Crippen molar-refractivity contribution in [2.45, 2.75) is 0 Å². The van der Waals surface area contributed by atoms with Gasteiger partial charge in [-0.2, -0.15) is 0 Å². The van der Waals surface area contributed by atoms with E-state index >= 15 is 0 Å². The summed E-state index contributed by atoms with van der Waals surface area (Å²) in [4.78, 5) is 11.3. The van der Waals surface area contributed by atoms with E-state index in [4.69, 9.17) is 57.3 Å². The van der Waals surface area contributed by atoms with E-state index in [2.05, 4.69) is 5.32 Å². The van der Waals surface area contributed by atoms with Gasteiger partial charge in [0.1, 0.15) is 0 Å². The Hall–Kier alpha value is 0.170. The lowest BCUT2D eigenvalue weighted by atomic mass is 10.3. The van der Waals surface area contributed by atoms with Gasteiger partial charge in [0, 0.05) is 5.02 Å². The molecule has 17 heavy (non-hydrogen) atoms. The number of carbonyl (C=O) groups excluding carboxylic acids is 1. The Morgan fingerprint density at radius 1 is 1.12 bits per heavy atom. The van der Waals surface area contributed by atoms with Crippen LogP contribution in [0.4, 0.5) is 10.5 Å². The fourth-order valence-electron chi connectivity index (χ4n) is 0.921. The maximum Gasteiger partial charge on any atom is 0.346 e. The molecule has 2 amide bonds. The smallest absolute Gasteiger partial charge is 0.305 e. The van der Waals surface area contributed by atoms with Crippen LogP contribution in [0.25, 0.3) is 0 Å². The van der Waals surface area contributed by atoms with Crippen LogP contribution in [0, 0.1) is 0 Å². The fraction of sp³-hybridized carbons (Fsp3) is 0. The van der Waals surface area contributed by atoms with Crippen molar-refractivity contribution >= 4 is 75.0 Å². The first-order valence-electron chi connectivity index (χ1n) is 3.92. The number of anilines is 1. The van der Waals surface area contributed by atoms with E-state index in [1.807, 2.05) is 5.09 Å². The Morgan fingerprint density at radius 2 is 1.59 bits per heavy atom. The molecule has 0 radical (unpaired) electrons. The molecule has 0 unspecified atom stereocenters. The Kier molecular flexibility index (Phi) is 5.26. The molecule has 0 aromatic heterocycles. The molecule has 0 bridgehead atoms. The molecule has 0 fully saturated rings. The third-order valence-corrected chi connectivity index (χ3v) is 3.26. The number of amides is 2. The van der Waals surface area contributed by atoms with Gasteiger partial charge in [0.05, 0.1) is 15.7 Å². The van der Waals surface area contributed by atoms with Crippen molar-refractivity contribution < 1.29 is 9.36 Å². The van der Waals surface area contributed by atoms with E-state index in [1.54, 1.807) is 0 Å². The molecule has 1 rings (SSSR count). The van der Waals surface area contributed by atoms with Crippen LogP contribution in [0.1, 0.15) is 0 Å². The van der Waals surface area contributed by atoms with Crippen LogP contribution in [0.15, 0.2) is 12.1 Å². The van der Waals surface area contributed by atoms with Gasteiger partial charge in [-0.05, 0) is 34.6 Å². The number of carbonyl (C=O) groups is 1. The molecular formula is C7H4Cl5N2O2P. The Balaban J connectivity index is 2.89. The third-order valence-electron chi connectivity index (χ3n) is 1.48. The largest absolute Gasteiger partial charge is 0.346 e. The summed E-state index contributed by atoms with van der Waals surface area (Å²) in [6, 6.07) is 1.86. The highest BCUT2D eigenvalue weighted by molar-refractivity contribution is 8.07. The second kappa shape index (κ2) is 5.87. The first kappa shape index (κ1) is 15.2. The van der Waals surface area contributed by atoms with Crippen LogP contribution in [0.5, 0.6) is 0 Å². The zero-order chi connectivity index (χ0) is 13.2. The first-order valence-corrected chi connectivity index (χ1v) is 8.57. The lowest BCUT2D eigenvalue weighted by molar-refractivity contribution is 0.256. The van der Waals surface area contributed by atoms with E-state index in [0.29, 0.717) is 5.02 Å². The molecule has 0 aliphatic carbocycles. The molecule has 1 aromatic rings. The molecule has 4 nitrogen and oxygen atoms in total. The summed E-state index contributed by atoms with van der Waals surface area (Å²) in [5.74, 6) is -3.73. The van der Waals surface area contributed by atoms with Crippen molar-refractivity contribution in [2.75, 3.05) is 5.32 Å². The van der Waals surface area contributed by atoms with Gasteiger partial charge in [0.25, 0.3) is 0 Å². The molecule has 1 aromatic carbocycles. The van der Waals surface area contributed by atoms with E-state index < -0.39 is 12.0 Å². The van der Waals surface area contributed by atoms with Crippen LogP contribution < -0.4 is 10.4 Å². The minimum absolute atomic E-state index is 0.108. The van der Waals surface area contributed by atoms with Crippen molar-refractivity contribution in [2.24, 2.45) is 0 Å². The average molecular weight is 356 g/mol. The summed E-state index contributed by atoms with van der Waals surface area (Å²) in [7, 11) is 0. The highest BCUT2D eigenvalue weighted by atomic mass is 35.9. The Morgan fingerprint density at radius 3 is 2.00 bits per heavy atom. The number of hydrogen-bond acceptors (Lipinski definition) is 2. The summed E-state index contributed by atoms with van der Waals surface area (Å²) in [5.41, 5.74) is 0.108. The molecule has 0 spiro atoms. The van der Waals surface area contributed by atoms with Crippen LogP contribution in [-0.2, 0) is 4.57 Å². The van der Waals surface area contributed by atoms with E-state index in [0.717, 1.165) is 0 Å². The Bertz CT molecular complexity index is 480. The summed E-state index contributed by atoms with van der Waals surface area (Å²) in [6.45, 7) is 0. The van der Waals surface area contributed by atoms with E-state index in [1.165, 1.54) is 12.1 Å². The van der Waals surface area contributed by atoms with Crippen LogP contribution in [0.3, 0.4) is 0 Å². The molecule has 94 valence electrons. The van der Waals surface area contributed by atoms with Gasteiger partial charge in [-0.25, -0.2) is 4.79 Å². The lowest BCUT2D eigenvalue weighted by Crippen LogP contribution is -2.23. The summed E-state index contributed by atoms with van der Waals surface area (Å²) >= 11 is 27.6. The minimum atomic E-state index is -3.73. The van der Waals surface area contributed by atoms with Gasteiger partial charge in [-0.3, -0.25) is 9.65 Å². The number of rotatable bonds is 2. The topological polar surface area (TPSA) is 58.2 Å². The molecule has 0 aliphatic heterocycles. The first-order chi connectivity index (χ1) is 7.69. The zero-order valence-electron chi connectivity index (χ0n) is 7.81. The van der Waals surface area contributed by atoms with Crippen molar-refractivity contribution in [1.29, 1.82) is 0 Å². The summed E-state index contributed by atoms with van der Waals surface area (Å²) in [6.07, 6.45) is 0. The van der Waals surface area contributed by atoms with Crippen LogP contribution in [-0.4, -0.2) is 6.03 Å². The maximum absolute atomic E-state index is 11.3. The van der Waals surface area contributed by atoms with Gasteiger partial charge in [0.15, 0.2) is 0 Å². The average Bonchev–Trinajstić information content (AvgIpc) is 2.08. The lowest BCUT2D eigenvalue weighted by Gasteiger charge is -2.11. The van der Waals surface area contributed by atoms with Crippen molar-refractivity contribution in [3.05, 3.63) is 27.2 Å². The summed E-state index contributed by atoms with van der Waals surface area (Å²) < 4.78 is 10.9. The molecule has 2 N–H and O–H groups in total. The molecule has 0 aliphatic rings. The SMILES string of the molecule is O=C(Nc1c(Cl)cc(Cl)cc1Cl)NP(=O)(Cl)Cl. The van der Waals surface area contributed by atoms with Crippen LogP contribution >= 0.6 is 63.3 Å². The van der Waals surface area contributed by atoms with Gasteiger partial charge in [-0.1, -0.05) is 34.8 Å². The van der Waals surface area contributed by atoms with Crippen LogP contribution in [0.2, 0.25) is 15.1 Å². The van der Waals surface area contributed by atoms with Gasteiger partial charge < -0.3 is 5.32 Å². The van der Waals surface area contributed by atoms with E-state index in [-0.39, 0.29) is 15.7 Å². The van der Waals surface area contributed by atoms with Gasteiger partial charge in [-0.15, -0.1) is 0 Å². The number of nitrogens with one attached hydrogen (secondary N) is 2. The quantitative estimate of drug-likeness (QED) is 0.702. The van der Waals surface area contributed by atoms with Gasteiger partial charge >= 0.3 is 12.0 Å². The number of halogens is 5. The molecule has 0 atom stereocenters. The second-order valence-electron chi connectivity index (χ2n) is 2.77. The van der Waals surface area contributed by atoms with Gasteiger partial charge in [0.2, 0.25) is 0 Å². The normalized spacial score (nSPS) is 11.1. The molecule has 10 heteroatoms. The number of urea groups is 1. The molecule has 0 saturated carbocycles. The number of benzene rings is 1. The highest BCUT2D eigenvalue weighted by Gasteiger charge is 2.19. The molecular weight excluding hydrogens is 352 g/mol. The molecule has 0 heterocycles. The predicted molar refractivity (Wildman–Crippen MR) is 72.9 cm³/mol. The van der Waals surface area contributed by atoms with E-state index in [9.17, 15) is 9.36 Å². The number of hydrogen-bond donors (Lipinski definition) is 2. The zero-order valence-corrected chi connectivity index (χ0v) is 12.5. The maximum atomic E-state index is 11.3. The highest BCUT2D eigenvalue weighted by Crippen LogP contribution is 2.52. The Labute approximate surface area is 122 Å². The van der Waals surface area contributed by atoms with Crippen molar-refractivity contribution in [3.8, 4) is 0 Å². The van der Waals surface area contributed by atoms with Crippen molar-refractivity contribution in [1.82, 2.24) is 5.09 Å². The monoisotopic (exact) mass is 354 g/mol. The minimum Gasteiger partial charge on any atom is -0.305 e. The molecule has 0 saturated heterocycles.